The number of carbonyl (C=O) groups excluding carboxylic acids is 1. The van der Waals surface area contributed by atoms with E-state index in [-0.39, 0.29) is 5.91 Å². The van der Waals surface area contributed by atoms with Gasteiger partial charge in [0, 0.05) is 39.8 Å². The monoisotopic (exact) mass is 452 g/mol. The average Bonchev–Trinajstić information content (AvgIpc) is 3.24. The highest BCUT2D eigenvalue weighted by molar-refractivity contribution is 8.00. The van der Waals surface area contributed by atoms with E-state index in [2.05, 4.69) is 15.3 Å². The van der Waals surface area contributed by atoms with E-state index in [1.807, 2.05) is 71.3 Å². The molecule has 2 heterocycles. The number of halogens is 1. The van der Waals surface area contributed by atoms with Gasteiger partial charge in [-0.3, -0.25) is 15.1 Å². The Hall–Kier alpha value is -2.87. The van der Waals surface area contributed by atoms with Crippen molar-refractivity contribution >= 4 is 51.6 Å². The fourth-order valence-electron chi connectivity index (χ4n) is 2.66. The number of nitrogens with zero attached hydrogens (tertiary/aromatic N) is 3. The molecule has 150 valence electrons. The summed E-state index contributed by atoms with van der Waals surface area (Å²) >= 11 is 8.89. The van der Waals surface area contributed by atoms with Crippen LogP contribution in [0.1, 0.15) is 10.4 Å². The van der Waals surface area contributed by atoms with Crippen molar-refractivity contribution in [3.8, 4) is 11.4 Å². The minimum atomic E-state index is -0.195. The quantitative estimate of drug-likeness (QED) is 0.350. The van der Waals surface area contributed by atoms with E-state index in [0.717, 1.165) is 22.0 Å². The van der Waals surface area contributed by atoms with Crippen molar-refractivity contribution < 1.29 is 4.79 Å². The van der Waals surface area contributed by atoms with E-state index in [1.165, 1.54) is 11.3 Å². The van der Waals surface area contributed by atoms with Crippen molar-refractivity contribution in [3.05, 3.63) is 88.9 Å². The van der Waals surface area contributed by atoms with Crippen LogP contribution < -0.4 is 9.62 Å². The van der Waals surface area contributed by atoms with Crippen molar-refractivity contribution in [2.75, 3.05) is 16.7 Å². The van der Waals surface area contributed by atoms with E-state index >= 15 is 0 Å². The number of rotatable bonds is 6. The Labute approximate surface area is 187 Å². The molecule has 0 spiro atoms. The highest BCUT2D eigenvalue weighted by atomic mass is 35.5. The molecule has 0 fully saturated rings. The molecule has 0 saturated heterocycles. The number of aromatic nitrogens is 2. The van der Waals surface area contributed by atoms with Gasteiger partial charge in [-0.15, -0.1) is 11.3 Å². The van der Waals surface area contributed by atoms with Crippen molar-refractivity contribution in [1.82, 2.24) is 9.97 Å². The van der Waals surface area contributed by atoms with E-state index in [0.29, 0.717) is 15.7 Å². The molecule has 2 aromatic carbocycles. The number of pyridine rings is 1. The summed E-state index contributed by atoms with van der Waals surface area (Å²) in [4.78, 5) is 22.3. The van der Waals surface area contributed by atoms with Gasteiger partial charge in [-0.1, -0.05) is 17.7 Å². The van der Waals surface area contributed by atoms with Gasteiger partial charge in [0.15, 0.2) is 5.13 Å². The molecule has 1 amide bonds. The van der Waals surface area contributed by atoms with Crippen molar-refractivity contribution in [2.24, 2.45) is 0 Å². The second-order valence-corrected chi connectivity index (χ2v) is 8.79. The second-order valence-electron chi connectivity index (χ2n) is 6.30. The zero-order chi connectivity index (χ0) is 20.9. The molecule has 0 aliphatic carbocycles. The number of nitrogens with one attached hydrogen (secondary N) is 1. The molecule has 0 atom stereocenters. The number of amides is 1. The number of carbonyl (C=O) groups is 1. The highest BCUT2D eigenvalue weighted by Crippen LogP contribution is 2.29. The lowest BCUT2D eigenvalue weighted by Crippen LogP contribution is -2.11. The molecule has 5 nitrogen and oxygen atoms in total. The summed E-state index contributed by atoms with van der Waals surface area (Å²) in [6.45, 7) is 0. The van der Waals surface area contributed by atoms with Gasteiger partial charge in [-0.25, -0.2) is 4.98 Å². The Balaban J connectivity index is 1.38. The summed E-state index contributed by atoms with van der Waals surface area (Å²) in [6, 6.07) is 20.8. The van der Waals surface area contributed by atoms with Crippen LogP contribution >= 0.6 is 34.9 Å². The maximum Gasteiger partial charge on any atom is 0.257 e. The molecular formula is C22H17ClN4OS2. The minimum Gasteiger partial charge on any atom is -0.315 e. The van der Waals surface area contributed by atoms with Crippen LogP contribution in [0.2, 0.25) is 5.02 Å². The van der Waals surface area contributed by atoms with Gasteiger partial charge in [0.05, 0.1) is 5.69 Å². The van der Waals surface area contributed by atoms with E-state index in [9.17, 15) is 4.79 Å². The maximum atomic E-state index is 12.6. The lowest BCUT2D eigenvalue weighted by Gasteiger charge is -2.17. The normalized spacial score (nSPS) is 10.6. The van der Waals surface area contributed by atoms with E-state index < -0.39 is 0 Å². The van der Waals surface area contributed by atoms with Crippen LogP contribution in [0.5, 0.6) is 0 Å². The molecular weight excluding hydrogens is 436 g/mol. The van der Waals surface area contributed by atoms with Crippen LogP contribution in [-0.2, 0) is 0 Å². The predicted molar refractivity (Wildman–Crippen MR) is 125 cm³/mol. The summed E-state index contributed by atoms with van der Waals surface area (Å²) in [7, 11) is 1.98. The lowest BCUT2D eigenvalue weighted by molar-refractivity contribution is 0.102. The summed E-state index contributed by atoms with van der Waals surface area (Å²) in [5.41, 5.74) is 3.13. The first-order chi connectivity index (χ1) is 14.6. The first-order valence-corrected chi connectivity index (χ1v) is 11.1. The minimum absolute atomic E-state index is 0.195. The van der Waals surface area contributed by atoms with Crippen LogP contribution in [0.3, 0.4) is 0 Å². The molecule has 4 rings (SSSR count). The summed E-state index contributed by atoms with van der Waals surface area (Å²) < 4.78 is 2.04. The number of anilines is 2. The Kier molecular flexibility index (Phi) is 6.32. The largest absolute Gasteiger partial charge is 0.315 e. The number of thiazole rings is 1. The molecule has 8 heteroatoms. The summed E-state index contributed by atoms with van der Waals surface area (Å²) in [5, 5.41) is 5.98. The molecule has 4 aromatic rings. The summed E-state index contributed by atoms with van der Waals surface area (Å²) in [6.07, 6.45) is 1.72. The standard InChI is InChI=1S/C22H17ClN4OS2/c1-27(17-9-7-16(23)8-10-17)30-18-11-5-15(6-12-18)21(28)26-22-25-20(14-29-22)19-4-2-3-13-24-19/h2-14H,1H3,(H,25,26,28). The van der Waals surface area contributed by atoms with E-state index in [4.69, 9.17) is 11.6 Å². The molecule has 1 N–H and O–H groups in total. The Morgan fingerprint density at radius 2 is 1.80 bits per heavy atom. The fourth-order valence-corrected chi connectivity index (χ4v) is 4.29. The Bertz CT molecular complexity index is 1130. The summed E-state index contributed by atoms with van der Waals surface area (Å²) in [5.74, 6) is -0.195. The fraction of sp³-hybridized carbons (Fsp3) is 0.0455. The maximum absolute atomic E-state index is 12.6. The van der Waals surface area contributed by atoms with Crippen LogP contribution in [0.4, 0.5) is 10.8 Å². The first kappa shape index (κ1) is 20.4. The smallest absolute Gasteiger partial charge is 0.257 e. The zero-order valence-electron chi connectivity index (χ0n) is 15.9. The number of hydrogen-bond donors (Lipinski definition) is 1. The van der Waals surface area contributed by atoms with Crippen molar-refractivity contribution in [3.63, 3.8) is 0 Å². The van der Waals surface area contributed by atoms with Gasteiger partial charge in [-0.2, -0.15) is 0 Å². The molecule has 0 unspecified atom stereocenters. The lowest BCUT2D eigenvalue weighted by atomic mass is 10.2. The van der Waals surface area contributed by atoms with Crippen LogP contribution in [0, 0.1) is 0 Å². The predicted octanol–water partition coefficient (Wildman–Crippen LogP) is 6.25. The van der Waals surface area contributed by atoms with Gasteiger partial charge < -0.3 is 4.31 Å². The Morgan fingerprint density at radius 1 is 1.03 bits per heavy atom. The van der Waals surface area contributed by atoms with E-state index in [1.54, 1.807) is 30.3 Å². The van der Waals surface area contributed by atoms with Crippen molar-refractivity contribution in [2.45, 2.75) is 4.90 Å². The molecule has 0 aliphatic heterocycles. The highest BCUT2D eigenvalue weighted by Gasteiger charge is 2.11. The second kappa shape index (κ2) is 9.30. The third-order valence-corrected chi connectivity index (χ3v) is 6.18. The zero-order valence-corrected chi connectivity index (χ0v) is 18.3. The molecule has 0 bridgehead atoms. The molecule has 0 saturated carbocycles. The molecule has 0 radical (unpaired) electrons. The van der Waals surface area contributed by atoms with Gasteiger partial charge in [-0.05, 0) is 72.6 Å². The number of benzene rings is 2. The number of hydrogen-bond acceptors (Lipinski definition) is 6. The van der Waals surface area contributed by atoms with Crippen molar-refractivity contribution in [1.29, 1.82) is 0 Å². The third-order valence-electron chi connectivity index (χ3n) is 4.20. The SMILES string of the molecule is CN(Sc1ccc(C(=O)Nc2nc(-c3ccccn3)cs2)cc1)c1ccc(Cl)cc1. The topological polar surface area (TPSA) is 58.1 Å². The van der Waals surface area contributed by atoms with Crippen LogP contribution in [0.25, 0.3) is 11.4 Å². The molecule has 0 aliphatic rings. The van der Waals surface area contributed by atoms with Gasteiger partial charge in [0.25, 0.3) is 5.91 Å². The average molecular weight is 453 g/mol. The van der Waals surface area contributed by atoms with Crippen LogP contribution in [-0.4, -0.2) is 22.9 Å². The van der Waals surface area contributed by atoms with Gasteiger partial charge >= 0.3 is 0 Å². The first-order valence-electron chi connectivity index (χ1n) is 9.04. The van der Waals surface area contributed by atoms with Gasteiger partial charge in [0.1, 0.15) is 5.69 Å². The van der Waals surface area contributed by atoms with Crippen LogP contribution in [0.15, 0.2) is 83.2 Å². The Morgan fingerprint density at radius 3 is 2.50 bits per heavy atom. The molecule has 2 aromatic heterocycles. The van der Waals surface area contributed by atoms with Gasteiger partial charge in [0.2, 0.25) is 0 Å². The molecule has 30 heavy (non-hydrogen) atoms. The third kappa shape index (κ3) is 4.99.